The highest BCUT2D eigenvalue weighted by Gasteiger charge is 2.39. The van der Waals surface area contributed by atoms with Crippen LogP contribution in [0.3, 0.4) is 0 Å². The number of carbonyl (C=O) groups excluding carboxylic acids is 3. The number of imide groups is 1. The fourth-order valence-electron chi connectivity index (χ4n) is 3.62. The molecule has 0 saturated carbocycles. The fourth-order valence-corrected chi connectivity index (χ4v) is 3.62. The molecule has 3 heterocycles. The van der Waals surface area contributed by atoms with Gasteiger partial charge < -0.3 is 20.4 Å². The van der Waals surface area contributed by atoms with E-state index in [1.54, 1.807) is 0 Å². The molecule has 2 aromatic rings. The summed E-state index contributed by atoms with van der Waals surface area (Å²) in [6, 6.07) is 6.60. The van der Waals surface area contributed by atoms with E-state index < -0.39 is 12.1 Å². The number of rotatable bonds is 6. The zero-order valence-corrected chi connectivity index (χ0v) is 14.9. The molecule has 2 fully saturated rings. The Kier molecular flexibility index (Phi) is 4.81. The first kappa shape index (κ1) is 17.5. The Balaban J connectivity index is 1.36. The molecule has 2 saturated heterocycles. The zero-order chi connectivity index (χ0) is 18.8. The van der Waals surface area contributed by atoms with Gasteiger partial charge in [0.2, 0.25) is 5.91 Å². The summed E-state index contributed by atoms with van der Waals surface area (Å²) >= 11 is 0. The molecule has 27 heavy (non-hydrogen) atoms. The molecule has 0 aliphatic carbocycles. The second-order valence-electron chi connectivity index (χ2n) is 6.93. The fraction of sp³-hybridized carbons (Fsp3) is 0.421. The number of nitrogens with zero attached hydrogens (tertiary/aromatic N) is 1. The minimum atomic E-state index is -0.664. The molecule has 142 valence electrons. The van der Waals surface area contributed by atoms with Gasteiger partial charge in [-0.3, -0.25) is 14.5 Å². The third-order valence-corrected chi connectivity index (χ3v) is 5.06. The predicted octanol–water partition coefficient (Wildman–Crippen LogP) is 0.926. The molecule has 2 unspecified atom stereocenters. The maximum absolute atomic E-state index is 12.6. The number of H-pyrrole nitrogens is 1. The Hall–Kier alpha value is -2.87. The van der Waals surface area contributed by atoms with Gasteiger partial charge in [-0.05, 0) is 24.5 Å². The van der Waals surface area contributed by atoms with Crippen LogP contribution in [0.25, 0.3) is 10.9 Å². The number of urea groups is 1. The van der Waals surface area contributed by atoms with E-state index in [2.05, 4.69) is 15.6 Å². The standard InChI is InChI=1S/C19H22N4O4/c24-17(21-10-13-4-3-7-27-13)11-23-18(25)16(22-19(23)26)8-12-9-20-15-6-2-1-5-14(12)15/h1-2,5-6,9,13,16,20H,3-4,7-8,10-11H2,(H,21,24)(H,22,26). The molecule has 2 aliphatic heterocycles. The van der Waals surface area contributed by atoms with Crippen molar-refractivity contribution in [3.8, 4) is 0 Å². The second-order valence-corrected chi connectivity index (χ2v) is 6.93. The van der Waals surface area contributed by atoms with E-state index in [0.29, 0.717) is 19.6 Å². The third-order valence-electron chi connectivity index (χ3n) is 5.06. The van der Waals surface area contributed by atoms with Crippen molar-refractivity contribution in [3.63, 3.8) is 0 Å². The van der Waals surface area contributed by atoms with Crippen molar-refractivity contribution in [1.82, 2.24) is 20.5 Å². The highest BCUT2D eigenvalue weighted by atomic mass is 16.5. The molecule has 2 aliphatic rings. The van der Waals surface area contributed by atoms with Crippen molar-refractivity contribution < 1.29 is 19.1 Å². The van der Waals surface area contributed by atoms with Gasteiger partial charge >= 0.3 is 6.03 Å². The van der Waals surface area contributed by atoms with Crippen LogP contribution < -0.4 is 10.6 Å². The summed E-state index contributed by atoms with van der Waals surface area (Å²) in [7, 11) is 0. The third kappa shape index (κ3) is 3.66. The molecular formula is C19H22N4O4. The molecule has 8 nitrogen and oxygen atoms in total. The first-order valence-electron chi connectivity index (χ1n) is 9.17. The summed E-state index contributed by atoms with van der Waals surface area (Å²) in [5.74, 6) is -0.737. The lowest BCUT2D eigenvalue weighted by atomic mass is 10.1. The Labute approximate surface area is 156 Å². The number of hydrogen-bond acceptors (Lipinski definition) is 4. The number of fused-ring (bicyclic) bond motifs is 1. The molecule has 4 amide bonds. The van der Waals surface area contributed by atoms with E-state index in [9.17, 15) is 14.4 Å². The lowest BCUT2D eigenvalue weighted by Gasteiger charge is -2.15. The Morgan fingerprint density at radius 2 is 2.15 bits per heavy atom. The van der Waals surface area contributed by atoms with Crippen molar-refractivity contribution in [1.29, 1.82) is 0 Å². The van der Waals surface area contributed by atoms with Crippen LogP contribution in [-0.4, -0.2) is 59.6 Å². The average Bonchev–Trinajstić information content (AvgIpc) is 3.38. The van der Waals surface area contributed by atoms with Gasteiger partial charge in [0.15, 0.2) is 0 Å². The van der Waals surface area contributed by atoms with Crippen LogP contribution >= 0.6 is 0 Å². The summed E-state index contributed by atoms with van der Waals surface area (Å²) in [5, 5.41) is 6.43. The maximum atomic E-state index is 12.6. The van der Waals surface area contributed by atoms with E-state index in [0.717, 1.165) is 34.2 Å². The smallest absolute Gasteiger partial charge is 0.325 e. The van der Waals surface area contributed by atoms with Crippen LogP contribution in [0.15, 0.2) is 30.5 Å². The summed E-state index contributed by atoms with van der Waals surface area (Å²) in [6.45, 7) is 0.839. The topological polar surface area (TPSA) is 104 Å². The largest absolute Gasteiger partial charge is 0.376 e. The molecule has 2 atom stereocenters. The van der Waals surface area contributed by atoms with Crippen molar-refractivity contribution in [3.05, 3.63) is 36.0 Å². The number of benzene rings is 1. The van der Waals surface area contributed by atoms with Gasteiger partial charge in [0, 0.05) is 36.7 Å². The Morgan fingerprint density at radius 1 is 1.30 bits per heavy atom. The summed E-state index contributed by atoms with van der Waals surface area (Å²) in [5.41, 5.74) is 1.93. The molecule has 4 rings (SSSR count). The van der Waals surface area contributed by atoms with Gasteiger partial charge in [-0.1, -0.05) is 18.2 Å². The number of aromatic nitrogens is 1. The number of aromatic amines is 1. The summed E-state index contributed by atoms with van der Waals surface area (Å²) in [4.78, 5) is 41.0. The van der Waals surface area contributed by atoms with E-state index >= 15 is 0 Å². The van der Waals surface area contributed by atoms with Crippen LogP contribution in [0.5, 0.6) is 0 Å². The number of hydrogen-bond donors (Lipinski definition) is 3. The predicted molar refractivity (Wildman–Crippen MR) is 98.0 cm³/mol. The summed E-state index contributed by atoms with van der Waals surface area (Å²) in [6.07, 6.45) is 4.15. The monoisotopic (exact) mass is 370 g/mol. The van der Waals surface area contributed by atoms with Crippen molar-refractivity contribution >= 4 is 28.7 Å². The normalized spacial score (nSPS) is 22.4. The highest BCUT2D eigenvalue weighted by molar-refractivity contribution is 6.06. The molecule has 3 N–H and O–H groups in total. The zero-order valence-electron chi connectivity index (χ0n) is 14.9. The molecule has 0 radical (unpaired) electrons. The molecule has 1 aromatic carbocycles. The number of carbonyl (C=O) groups is 3. The number of nitrogens with one attached hydrogen (secondary N) is 3. The number of para-hydroxylation sites is 1. The maximum Gasteiger partial charge on any atom is 0.325 e. The van der Waals surface area contributed by atoms with Gasteiger partial charge in [0.1, 0.15) is 12.6 Å². The first-order chi connectivity index (χ1) is 13.1. The SMILES string of the molecule is O=C(CN1C(=O)NC(Cc2c[nH]c3ccccc23)C1=O)NCC1CCCO1. The number of amides is 4. The van der Waals surface area contributed by atoms with Gasteiger partial charge in [-0.2, -0.15) is 0 Å². The van der Waals surface area contributed by atoms with Gasteiger partial charge in [0.25, 0.3) is 5.91 Å². The lowest BCUT2D eigenvalue weighted by Crippen LogP contribution is -2.43. The highest BCUT2D eigenvalue weighted by Crippen LogP contribution is 2.21. The van der Waals surface area contributed by atoms with Crippen molar-refractivity contribution in [2.45, 2.75) is 31.4 Å². The van der Waals surface area contributed by atoms with Gasteiger partial charge in [-0.25, -0.2) is 4.79 Å². The van der Waals surface area contributed by atoms with Crippen LogP contribution in [0.2, 0.25) is 0 Å². The Bertz CT molecular complexity index is 871. The van der Waals surface area contributed by atoms with Gasteiger partial charge in [0.05, 0.1) is 6.10 Å². The average molecular weight is 370 g/mol. The van der Waals surface area contributed by atoms with E-state index in [1.165, 1.54) is 0 Å². The number of ether oxygens (including phenoxy) is 1. The molecule has 1 aromatic heterocycles. The van der Waals surface area contributed by atoms with Crippen LogP contribution in [0, 0.1) is 0 Å². The molecular weight excluding hydrogens is 348 g/mol. The van der Waals surface area contributed by atoms with Crippen LogP contribution in [0.4, 0.5) is 4.79 Å². The van der Waals surface area contributed by atoms with E-state index in [4.69, 9.17) is 4.74 Å². The quantitative estimate of drug-likeness (QED) is 0.658. The minimum absolute atomic E-state index is 0.0201. The van der Waals surface area contributed by atoms with Crippen LogP contribution in [-0.2, 0) is 20.7 Å². The Morgan fingerprint density at radius 3 is 2.96 bits per heavy atom. The van der Waals surface area contributed by atoms with E-state index in [1.807, 2.05) is 30.5 Å². The lowest BCUT2D eigenvalue weighted by molar-refractivity contribution is -0.132. The van der Waals surface area contributed by atoms with Crippen LogP contribution in [0.1, 0.15) is 18.4 Å². The first-order valence-corrected chi connectivity index (χ1v) is 9.17. The molecule has 0 bridgehead atoms. The van der Waals surface area contributed by atoms with Crippen molar-refractivity contribution in [2.24, 2.45) is 0 Å². The summed E-state index contributed by atoms with van der Waals surface area (Å²) < 4.78 is 5.45. The van der Waals surface area contributed by atoms with E-state index in [-0.39, 0.29) is 24.5 Å². The molecule has 0 spiro atoms. The molecule has 8 heteroatoms. The van der Waals surface area contributed by atoms with Gasteiger partial charge in [-0.15, -0.1) is 0 Å². The minimum Gasteiger partial charge on any atom is -0.376 e. The van der Waals surface area contributed by atoms with Crippen molar-refractivity contribution in [2.75, 3.05) is 19.7 Å². The second kappa shape index (κ2) is 7.40.